The smallest absolute Gasteiger partial charge is 0.140 e. The number of aromatic nitrogens is 1. The van der Waals surface area contributed by atoms with Gasteiger partial charge in [0.05, 0.1) is 5.69 Å². The van der Waals surface area contributed by atoms with E-state index in [1.54, 1.807) is 11.3 Å². The van der Waals surface area contributed by atoms with E-state index in [0.717, 1.165) is 26.7 Å². The SMILES string of the molecule is Brc1ccc(OCc2csc(COc3ccccc3)n2)cc1. The molecule has 3 nitrogen and oxygen atoms in total. The first-order chi connectivity index (χ1) is 10.8. The van der Waals surface area contributed by atoms with E-state index in [-0.39, 0.29) is 0 Å². The molecule has 112 valence electrons. The molecule has 1 heterocycles. The van der Waals surface area contributed by atoms with Crippen LogP contribution in [0.3, 0.4) is 0 Å². The second-order valence-corrected chi connectivity index (χ2v) is 6.44. The lowest BCUT2D eigenvalue weighted by molar-refractivity contribution is 0.294. The molecule has 0 amide bonds. The van der Waals surface area contributed by atoms with Crippen LogP contribution in [0.1, 0.15) is 10.7 Å². The molecule has 0 aliphatic carbocycles. The van der Waals surface area contributed by atoms with Gasteiger partial charge in [0.15, 0.2) is 0 Å². The number of nitrogens with zero attached hydrogens (tertiary/aromatic N) is 1. The van der Waals surface area contributed by atoms with Crippen molar-refractivity contribution in [1.29, 1.82) is 0 Å². The summed E-state index contributed by atoms with van der Waals surface area (Å²) in [5, 5.41) is 2.95. The van der Waals surface area contributed by atoms with Gasteiger partial charge in [0.1, 0.15) is 29.7 Å². The molecule has 0 spiro atoms. The van der Waals surface area contributed by atoms with Crippen molar-refractivity contribution >= 4 is 27.3 Å². The Labute approximate surface area is 141 Å². The molecule has 0 saturated carbocycles. The zero-order valence-corrected chi connectivity index (χ0v) is 14.1. The number of benzene rings is 2. The monoisotopic (exact) mass is 375 g/mol. The Morgan fingerprint density at radius 1 is 0.864 bits per heavy atom. The van der Waals surface area contributed by atoms with Gasteiger partial charge in [-0.1, -0.05) is 34.1 Å². The highest BCUT2D eigenvalue weighted by atomic mass is 79.9. The first-order valence-corrected chi connectivity index (χ1v) is 8.46. The van der Waals surface area contributed by atoms with E-state index in [2.05, 4.69) is 20.9 Å². The lowest BCUT2D eigenvalue weighted by Gasteiger charge is -2.04. The van der Waals surface area contributed by atoms with Crippen molar-refractivity contribution in [3.05, 3.63) is 75.2 Å². The number of ether oxygens (including phenoxy) is 2. The molecular weight excluding hydrogens is 362 g/mol. The molecule has 0 aliphatic heterocycles. The first-order valence-electron chi connectivity index (χ1n) is 6.79. The van der Waals surface area contributed by atoms with E-state index in [9.17, 15) is 0 Å². The summed E-state index contributed by atoms with van der Waals surface area (Å²) in [6, 6.07) is 17.5. The molecule has 0 radical (unpaired) electrons. The van der Waals surface area contributed by atoms with Gasteiger partial charge < -0.3 is 9.47 Å². The molecular formula is C17H14BrNO2S. The fraction of sp³-hybridized carbons (Fsp3) is 0.118. The van der Waals surface area contributed by atoms with Crippen LogP contribution in [0.25, 0.3) is 0 Å². The summed E-state index contributed by atoms with van der Waals surface area (Å²) in [7, 11) is 0. The third-order valence-corrected chi connectivity index (χ3v) is 4.30. The van der Waals surface area contributed by atoms with Crippen LogP contribution in [0.4, 0.5) is 0 Å². The molecule has 0 saturated heterocycles. The number of hydrogen-bond donors (Lipinski definition) is 0. The van der Waals surface area contributed by atoms with Crippen LogP contribution in [0.15, 0.2) is 64.5 Å². The molecule has 2 aromatic carbocycles. The average Bonchev–Trinajstić information content (AvgIpc) is 3.01. The molecule has 0 N–H and O–H groups in total. The minimum Gasteiger partial charge on any atom is -0.487 e. The molecule has 0 aliphatic rings. The fourth-order valence-electron chi connectivity index (χ4n) is 1.83. The largest absolute Gasteiger partial charge is 0.487 e. The summed E-state index contributed by atoms with van der Waals surface area (Å²) in [5.74, 6) is 1.68. The average molecular weight is 376 g/mol. The van der Waals surface area contributed by atoms with Crippen LogP contribution >= 0.6 is 27.3 Å². The van der Waals surface area contributed by atoms with Crippen molar-refractivity contribution in [1.82, 2.24) is 4.98 Å². The summed E-state index contributed by atoms with van der Waals surface area (Å²) in [5.41, 5.74) is 0.916. The summed E-state index contributed by atoms with van der Waals surface area (Å²) < 4.78 is 12.4. The van der Waals surface area contributed by atoms with Crippen molar-refractivity contribution in [2.45, 2.75) is 13.2 Å². The summed E-state index contributed by atoms with van der Waals surface area (Å²) in [6.07, 6.45) is 0. The van der Waals surface area contributed by atoms with E-state index in [4.69, 9.17) is 9.47 Å². The van der Waals surface area contributed by atoms with Gasteiger partial charge in [-0.3, -0.25) is 0 Å². The van der Waals surface area contributed by atoms with Crippen molar-refractivity contribution in [2.24, 2.45) is 0 Å². The molecule has 0 bridgehead atoms. The predicted octanol–water partition coefficient (Wildman–Crippen LogP) is 5.06. The minimum atomic E-state index is 0.462. The second-order valence-electron chi connectivity index (χ2n) is 4.58. The molecule has 5 heteroatoms. The van der Waals surface area contributed by atoms with Crippen molar-refractivity contribution in [3.63, 3.8) is 0 Å². The van der Waals surface area contributed by atoms with Gasteiger partial charge >= 0.3 is 0 Å². The summed E-state index contributed by atoms with van der Waals surface area (Å²) in [6.45, 7) is 0.941. The van der Waals surface area contributed by atoms with Gasteiger partial charge in [-0.25, -0.2) is 4.98 Å². The Bertz CT molecular complexity index is 713. The Kier molecular flexibility index (Phi) is 5.08. The Hall–Kier alpha value is -1.85. The predicted molar refractivity (Wildman–Crippen MR) is 91.4 cm³/mol. The molecule has 1 aromatic heterocycles. The van der Waals surface area contributed by atoms with Crippen LogP contribution in [0.5, 0.6) is 11.5 Å². The van der Waals surface area contributed by atoms with Crippen molar-refractivity contribution in [3.8, 4) is 11.5 Å². The number of para-hydroxylation sites is 1. The maximum Gasteiger partial charge on any atom is 0.140 e. The first kappa shape index (κ1) is 15.1. The maximum absolute atomic E-state index is 5.71. The zero-order valence-electron chi connectivity index (χ0n) is 11.7. The van der Waals surface area contributed by atoms with E-state index in [1.165, 1.54) is 0 Å². The van der Waals surface area contributed by atoms with Crippen molar-refractivity contribution in [2.75, 3.05) is 0 Å². The van der Waals surface area contributed by atoms with E-state index in [0.29, 0.717) is 13.2 Å². The quantitative estimate of drug-likeness (QED) is 0.602. The molecule has 3 rings (SSSR count). The Morgan fingerprint density at radius 2 is 1.55 bits per heavy atom. The van der Waals surface area contributed by atoms with Gasteiger partial charge in [-0.15, -0.1) is 11.3 Å². The highest BCUT2D eigenvalue weighted by Crippen LogP contribution is 2.19. The lowest BCUT2D eigenvalue weighted by Crippen LogP contribution is -1.98. The molecule has 22 heavy (non-hydrogen) atoms. The molecule has 0 unspecified atom stereocenters. The Balaban J connectivity index is 1.51. The maximum atomic E-state index is 5.71. The highest BCUT2D eigenvalue weighted by Gasteiger charge is 2.04. The van der Waals surface area contributed by atoms with E-state index in [1.807, 2.05) is 60.0 Å². The van der Waals surface area contributed by atoms with Crippen LogP contribution in [-0.4, -0.2) is 4.98 Å². The number of halogens is 1. The van der Waals surface area contributed by atoms with Crippen LogP contribution in [0, 0.1) is 0 Å². The minimum absolute atomic E-state index is 0.462. The molecule has 3 aromatic rings. The van der Waals surface area contributed by atoms with Gasteiger partial charge in [0.2, 0.25) is 0 Å². The van der Waals surface area contributed by atoms with Crippen LogP contribution in [-0.2, 0) is 13.2 Å². The Morgan fingerprint density at radius 3 is 2.32 bits per heavy atom. The van der Waals surface area contributed by atoms with Crippen LogP contribution in [0.2, 0.25) is 0 Å². The summed E-state index contributed by atoms with van der Waals surface area (Å²) >= 11 is 4.98. The lowest BCUT2D eigenvalue weighted by atomic mass is 10.3. The number of rotatable bonds is 6. The normalized spacial score (nSPS) is 10.4. The molecule has 0 atom stereocenters. The number of thiazole rings is 1. The zero-order chi connectivity index (χ0) is 15.2. The van der Waals surface area contributed by atoms with Crippen LogP contribution < -0.4 is 9.47 Å². The fourth-order valence-corrected chi connectivity index (χ4v) is 2.79. The molecule has 0 fully saturated rings. The van der Waals surface area contributed by atoms with E-state index < -0.39 is 0 Å². The topological polar surface area (TPSA) is 31.4 Å². The van der Waals surface area contributed by atoms with Gasteiger partial charge in [0, 0.05) is 9.85 Å². The van der Waals surface area contributed by atoms with Gasteiger partial charge in [0.25, 0.3) is 0 Å². The third kappa shape index (κ3) is 4.32. The summed E-state index contributed by atoms with van der Waals surface area (Å²) in [4.78, 5) is 4.52. The van der Waals surface area contributed by atoms with E-state index >= 15 is 0 Å². The standard InChI is InChI=1S/C17H14BrNO2S/c18-13-6-8-16(9-7-13)20-10-14-12-22-17(19-14)11-21-15-4-2-1-3-5-15/h1-9,12H,10-11H2. The number of hydrogen-bond acceptors (Lipinski definition) is 4. The van der Waals surface area contributed by atoms with Gasteiger partial charge in [-0.05, 0) is 36.4 Å². The second kappa shape index (κ2) is 7.42. The van der Waals surface area contributed by atoms with Crippen molar-refractivity contribution < 1.29 is 9.47 Å². The highest BCUT2D eigenvalue weighted by molar-refractivity contribution is 9.10. The third-order valence-electron chi connectivity index (χ3n) is 2.91. The van der Waals surface area contributed by atoms with Gasteiger partial charge in [-0.2, -0.15) is 0 Å².